The molecule has 0 bridgehead atoms. The van der Waals surface area contributed by atoms with E-state index in [1.165, 1.54) is 0 Å². The quantitative estimate of drug-likeness (QED) is 0.725. The van der Waals surface area contributed by atoms with Crippen LogP contribution in [-0.2, 0) is 26.6 Å². The highest BCUT2D eigenvalue weighted by molar-refractivity contribution is 5.75. The average Bonchev–Trinajstić information content (AvgIpc) is 2.98. The summed E-state index contributed by atoms with van der Waals surface area (Å²) < 4.78 is 5.52. The van der Waals surface area contributed by atoms with Gasteiger partial charge in [-0.05, 0) is 25.1 Å². The smallest absolute Gasteiger partial charge is 0.292 e. The first kappa shape index (κ1) is 12.7. The molecule has 2 heterocycles. The van der Waals surface area contributed by atoms with Gasteiger partial charge in [0.2, 0.25) is 0 Å². The molecule has 0 fully saturated rings. The van der Waals surface area contributed by atoms with Crippen molar-refractivity contribution in [3.8, 4) is 0 Å². The first-order chi connectivity index (χ1) is 9.72. The van der Waals surface area contributed by atoms with Gasteiger partial charge in [0, 0.05) is 38.4 Å². The number of imidazole rings is 1. The lowest BCUT2D eigenvalue weighted by molar-refractivity contribution is 0.611. The van der Waals surface area contributed by atoms with E-state index in [2.05, 4.69) is 5.10 Å². The maximum atomic E-state index is 12.5. The van der Waals surface area contributed by atoms with Crippen molar-refractivity contribution >= 4 is 11.0 Å². The number of rotatable bonds is 4. The second-order valence-electron chi connectivity index (χ2n) is 4.86. The Balaban J connectivity index is 2.01. The maximum absolute atomic E-state index is 12.5. The first-order valence-corrected chi connectivity index (χ1v) is 6.87. The molecule has 0 N–H and O–H groups in total. The van der Waals surface area contributed by atoms with Crippen LogP contribution in [0.15, 0.2) is 41.3 Å². The molecule has 5 nitrogen and oxygen atoms in total. The molecule has 2 aromatic heterocycles. The van der Waals surface area contributed by atoms with Crippen LogP contribution in [0.3, 0.4) is 0 Å². The minimum atomic E-state index is 0.0656. The van der Waals surface area contributed by atoms with Gasteiger partial charge in [0.15, 0.2) is 0 Å². The lowest BCUT2D eigenvalue weighted by atomic mass is 10.3. The fraction of sp³-hybridized carbons (Fsp3) is 0.333. The van der Waals surface area contributed by atoms with E-state index in [0.717, 1.165) is 23.1 Å². The molecule has 0 aliphatic heterocycles. The highest BCUT2D eigenvalue weighted by Crippen LogP contribution is 2.13. The minimum absolute atomic E-state index is 0.0656. The molecule has 20 heavy (non-hydrogen) atoms. The Morgan fingerprint density at radius 2 is 1.80 bits per heavy atom. The van der Waals surface area contributed by atoms with Crippen LogP contribution < -0.4 is 5.69 Å². The van der Waals surface area contributed by atoms with E-state index in [-0.39, 0.29) is 5.69 Å². The van der Waals surface area contributed by atoms with Crippen LogP contribution in [0, 0.1) is 0 Å². The highest BCUT2D eigenvalue weighted by Gasteiger charge is 2.11. The number of nitrogens with zero attached hydrogens (tertiary/aromatic N) is 4. The van der Waals surface area contributed by atoms with Crippen LogP contribution in [0.2, 0.25) is 0 Å². The van der Waals surface area contributed by atoms with Gasteiger partial charge in [0.1, 0.15) is 0 Å². The molecule has 0 amide bonds. The SMILES string of the molecule is CCn1c(=O)n(CCc2ccnn2C)c2ccccc21. The van der Waals surface area contributed by atoms with Gasteiger partial charge in [-0.2, -0.15) is 5.10 Å². The number of benzene rings is 1. The molecule has 0 aliphatic rings. The van der Waals surface area contributed by atoms with E-state index in [0.29, 0.717) is 13.1 Å². The first-order valence-electron chi connectivity index (χ1n) is 6.87. The molecule has 1 aromatic carbocycles. The fourth-order valence-corrected chi connectivity index (χ4v) is 2.67. The second kappa shape index (κ2) is 5.00. The van der Waals surface area contributed by atoms with Crippen molar-refractivity contribution in [2.75, 3.05) is 0 Å². The van der Waals surface area contributed by atoms with Gasteiger partial charge in [0.05, 0.1) is 11.0 Å². The number of hydrogen-bond acceptors (Lipinski definition) is 2. The van der Waals surface area contributed by atoms with E-state index in [1.807, 2.05) is 58.1 Å². The Bertz CT molecular complexity index is 794. The van der Waals surface area contributed by atoms with Gasteiger partial charge in [-0.15, -0.1) is 0 Å². The number of aryl methyl sites for hydroxylation is 4. The van der Waals surface area contributed by atoms with E-state index < -0.39 is 0 Å². The molecule has 0 saturated carbocycles. The molecule has 0 aliphatic carbocycles. The third kappa shape index (κ3) is 1.95. The van der Waals surface area contributed by atoms with E-state index in [9.17, 15) is 4.79 Å². The van der Waals surface area contributed by atoms with Crippen LogP contribution in [0.5, 0.6) is 0 Å². The zero-order valence-corrected chi connectivity index (χ0v) is 11.8. The molecule has 3 aromatic rings. The monoisotopic (exact) mass is 270 g/mol. The van der Waals surface area contributed by atoms with Gasteiger partial charge in [-0.3, -0.25) is 13.8 Å². The molecule has 104 valence electrons. The summed E-state index contributed by atoms with van der Waals surface area (Å²) in [4.78, 5) is 12.5. The summed E-state index contributed by atoms with van der Waals surface area (Å²) in [5.41, 5.74) is 3.20. The summed E-state index contributed by atoms with van der Waals surface area (Å²) in [6.07, 6.45) is 2.58. The topological polar surface area (TPSA) is 44.8 Å². The lowest BCUT2D eigenvalue weighted by Crippen LogP contribution is -2.24. The molecular formula is C15H18N4O. The number of aromatic nitrogens is 4. The van der Waals surface area contributed by atoms with Gasteiger partial charge in [-0.25, -0.2) is 4.79 Å². The molecule has 0 atom stereocenters. The molecule has 3 rings (SSSR count). The molecule has 5 heteroatoms. The fourth-order valence-electron chi connectivity index (χ4n) is 2.67. The summed E-state index contributed by atoms with van der Waals surface area (Å²) >= 11 is 0. The van der Waals surface area contributed by atoms with Crippen molar-refractivity contribution in [2.24, 2.45) is 7.05 Å². The van der Waals surface area contributed by atoms with Crippen molar-refractivity contribution in [1.29, 1.82) is 0 Å². The normalized spacial score (nSPS) is 11.3. The second-order valence-corrected chi connectivity index (χ2v) is 4.86. The third-order valence-corrected chi connectivity index (χ3v) is 3.76. The van der Waals surface area contributed by atoms with Crippen molar-refractivity contribution in [3.63, 3.8) is 0 Å². The number of fused-ring (bicyclic) bond motifs is 1. The largest absolute Gasteiger partial charge is 0.329 e. The third-order valence-electron chi connectivity index (χ3n) is 3.76. The predicted octanol–water partition coefficient (Wildman–Crippen LogP) is 1.80. The van der Waals surface area contributed by atoms with Crippen molar-refractivity contribution < 1.29 is 0 Å². The summed E-state index contributed by atoms with van der Waals surface area (Å²) in [5.74, 6) is 0. The Labute approximate surface area is 117 Å². The van der Waals surface area contributed by atoms with Crippen molar-refractivity contribution in [3.05, 3.63) is 52.7 Å². The molecule has 0 saturated heterocycles. The van der Waals surface area contributed by atoms with E-state index in [1.54, 1.807) is 6.20 Å². The van der Waals surface area contributed by atoms with Gasteiger partial charge >= 0.3 is 5.69 Å². The Kier molecular flexibility index (Phi) is 3.18. The predicted molar refractivity (Wildman–Crippen MR) is 78.8 cm³/mol. The number of hydrogen-bond donors (Lipinski definition) is 0. The van der Waals surface area contributed by atoms with E-state index in [4.69, 9.17) is 0 Å². The molecular weight excluding hydrogens is 252 g/mol. The van der Waals surface area contributed by atoms with Crippen LogP contribution in [-0.4, -0.2) is 18.9 Å². The van der Waals surface area contributed by atoms with Crippen LogP contribution in [0.25, 0.3) is 11.0 Å². The van der Waals surface area contributed by atoms with Crippen LogP contribution >= 0.6 is 0 Å². The highest BCUT2D eigenvalue weighted by atomic mass is 16.1. The Morgan fingerprint density at radius 3 is 2.40 bits per heavy atom. The standard InChI is InChI=1S/C15H18N4O/c1-3-18-13-6-4-5-7-14(13)19(15(18)20)11-9-12-8-10-16-17(12)2/h4-8,10H,3,9,11H2,1-2H3. The molecule has 0 radical (unpaired) electrons. The summed E-state index contributed by atoms with van der Waals surface area (Å²) in [6.45, 7) is 3.36. The maximum Gasteiger partial charge on any atom is 0.329 e. The van der Waals surface area contributed by atoms with Crippen molar-refractivity contribution in [2.45, 2.75) is 26.4 Å². The zero-order valence-electron chi connectivity index (χ0n) is 11.8. The van der Waals surface area contributed by atoms with Gasteiger partial charge < -0.3 is 0 Å². The number of para-hydroxylation sites is 2. The lowest BCUT2D eigenvalue weighted by Gasteiger charge is -2.04. The van der Waals surface area contributed by atoms with Crippen LogP contribution in [0.4, 0.5) is 0 Å². The minimum Gasteiger partial charge on any atom is -0.292 e. The van der Waals surface area contributed by atoms with E-state index >= 15 is 0 Å². The van der Waals surface area contributed by atoms with Crippen LogP contribution in [0.1, 0.15) is 12.6 Å². The average molecular weight is 270 g/mol. The molecule has 0 spiro atoms. The summed E-state index contributed by atoms with van der Waals surface area (Å²) in [5, 5.41) is 4.16. The van der Waals surface area contributed by atoms with Gasteiger partial charge in [0.25, 0.3) is 0 Å². The summed E-state index contributed by atoms with van der Waals surface area (Å²) in [6, 6.07) is 9.94. The summed E-state index contributed by atoms with van der Waals surface area (Å²) in [7, 11) is 1.92. The zero-order chi connectivity index (χ0) is 14.1. The van der Waals surface area contributed by atoms with Crippen molar-refractivity contribution in [1.82, 2.24) is 18.9 Å². The molecule has 0 unspecified atom stereocenters. The van der Waals surface area contributed by atoms with Gasteiger partial charge in [-0.1, -0.05) is 12.1 Å². The Hall–Kier alpha value is -2.30. The Morgan fingerprint density at radius 1 is 1.10 bits per heavy atom.